The van der Waals surface area contributed by atoms with Gasteiger partial charge in [0, 0.05) is 18.7 Å². The van der Waals surface area contributed by atoms with Gasteiger partial charge in [-0.1, -0.05) is 18.2 Å². The summed E-state index contributed by atoms with van der Waals surface area (Å²) in [6, 6.07) is 6.78. The Morgan fingerprint density at radius 2 is 2.00 bits per heavy atom. The van der Waals surface area contributed by atoms with Gasteiger partial charge in [-0.05, 0) is 58.7 Å². The van der Waals surface area contributed by atoms with E-state index in [1.165, 1.54) is 6.07 Å². The lowest BCUT2D eigenvalue weighted by molar-refractivity contribution is 0.164. The minimum absolute atomic E-state index is 0.212. The lowest BCUT2D eigenvalue weighted by Gasteiger charge is -2.31. The summed E-state index contributed by atoms with van der Waals surface area (Å²) < 4.78 is 19.5. The maximum absolute atomic E-state index is 13.8. The van der Waals surface area contributed by atoms with Crippen LogP contribution in [-0.4, -0.2) is 42.0 Å². The van der Waals surface area contributed by atoms with Gasteiger partial charge in [0.05, 0.1) is 18.8 Å². The molecule has 0 spiro atoms. The Kier molecular flexibility index (Phi) is 7.63. The Labute approximate surface area is 172 Å². The largest absolute Gasteiger partial charge is 0.444 e. The molecule has 0 atom stereocenters. The monoisotopic (exact) mass is 401 g/mol. The molecule has 29 heavy (non-hydrogen) atoms. The van der Waals surface area contributed by atoms with Crippen LogP contribution in [0.25, 0.3) is 0 Å². The van der Waals surface area contributed by atoms with Crippen molar-refractivity contribution < 1.29 is 8.81 Å². The van der Waals surface area contributed by atoms with E-state index >= 15 is 0 Å². The van der Waals surface area contributed by atoms with E-state index in [0.717, 1.165) is 68.9 Å². The number of hydrogen-bond donors (Lipinski definition) is 2. The van der Waals surface area contributed by atoms with Crippen LogP contribution in [0.15, 0.2) is 33.7 Å². The number of rotatable bonds is 7. The van der Waals surface area contributed by atoms with Crippen LogP contribution in [0.1, 0.15) is 42.7 Å². The minimum atomic E-state index is -0.212. The maximum atomic E-state index is 13.8. The van der Waals surface area contributed by atoms with E-state index in [1.807, 2.05) is 26.8 Å². The normalized spacial score (nSPS) is 16.2. The van der Waals surface area contributed by atoms with Gasteiger partial charge in [-0.15, -0.1) is 0 Å². The topological polar surface area (TPSA) is 65.7 Å². The maximum Gasteiger partial charge on any atom is 0.208 e. The van der Waals surface area contributed by atoms with Crippen LogP contribution in [-0.2, 0) is 13.1 Å². The number of piperidine rings is 1. The molecule has 0 unspecified atom stereocenters. The molecule has 1 aromatic heterocycles. The molecular formula is C22H32FN5O. The quantitative estimate of drug-likeness (QED) is 0.550. The van der Waals surface area contributed by atoms with E-state index in [4.69, 9.17) is 4.42 Å². The predicted octanol–water partition coefficient (Wildman–Crippen LogP) is 3.40. The summed E-state index contributed by atoms with van der Waals surface area (Å²) in [7, 11) is 0. The van der Waals surface area contributed by atoms with Crippen LogP contribution in [0.3, 0.4) is 0 Å². The zero-order valence-corrected chi connectivity index (χ0v) is 17.7. The minimum Gasteiger partial charge on any atom is -0.444 e. The SMILES string of the molecule is CCNC(=NCc1ccccc1F)NCC1CCN(Cc2nc(C)c(C)o2)CC1. The Hall–Kier alpha value is -2.41. The van der Waals surface area contributed by atoms with Crippen LogP contribution in [0, 0.1) is 25.6 Å². The van der Waals surface area contributed by atoms with Gasteiger partial charge in [0.2, 0.25) is 5.89 Å². The fourth-order valence-corrected chi connectivity index (χ4v) is 3.52. The zero-order chi connectivity index (χ0) is 20.6. The highest BCUT2D eigenvalue weighted by atomic mass is 19.1. The third-order valence-electron chi connectivity index (χ3n) is 5.41. The fraction of sp³-hybridized carbons (Fsp3) is 0.545. The van der Waals surface area contributed by atoms with Gasteiger partial charge in [0.1, 0.15) is 11.6 Å². The molecule has 1 aromatic carbocycles. The third-order valence-corrected chi connectivity index (χ3v) is 5.41. The van der Waals surface area contributed by atoms with Crippen molar-refractivity contribution in [3.8, 4) is 0 Å². The van der Waals surface area contributed by atoms with Gasteiger partial charge in [-0.3, -0.25) is 4.90 Å². The van der Waals surface area contributed by atoms with E-state index in [0.29, 0.717) is 18.0 Å². The van der Waals surface area contributed by atoms with E-state index in [2.05, 4.69) is 25.5 Å². The molecule has 2 heterocycles. The second-order valence-corrected chi connectivity index (χ2v) is 7.64. The highest BCUT2D eigenvalue weighted by molar-refractivity contribution is 5.79. The van der Waals surface area contributed by atoms with Gasteiger partial charge >= 0.3 is 0 Å². The molecule has 1 saturated heterocycles. The van der Waals surface area contributed by atoms with E-state index in [9.17, 15) is 4.39 Å². The summed E-state index contributed by atoms with van der Waals surface area (Å²) in [6.45, 7) is 10.8. The molecule has 2 N–H and O–H groups in total. The van der Waals surface area contributed by atoms with Crippen molar-refractivity contribution in [2.75, 3.05) is 26.2 Å². The Morgan fingerprint density at radius 3 is 2.66 bits per heavy atom. The Balaban J connectivity index is 1.44. The summed E-state index contributed by atoms with van der Waals surface area (Å²) in [5, 5.41) is 6.67. The average Bonchev–Trinajstić information content (AvgIpc) is 3.03. The van der Waals surface area contributed by atoms with E-state index in [-0.39, 0.29) is 5.82 Å². The van der Waals surface area contributed by atoms with Crippen molar-refractivity contribution in [1.82, 2.24) is 20.5 Å². The van der Waals surface area contributed by atoms with Gasteiger partial charge < -0.3 is 15.1 Å². The molecule has 0 saturated carbocycles. The second kappa shape index (κ2) is 10.4. The number of nitrogens with zero attached hydrogens (tertiary/aromatic N) is 3. The number of oxazole rings is 1. The molecule has 0 amide bonds. The number of aryl methyl sites for hydroxylation is 2. The van der Waals surface area contributed by atoms with Crippen LogP contribution >= 0.6 is 0 Å². The van der Waals surface area contributed by atoms with Crippen molar-refractivity contribution in [1.29, 1.82) is 0 Å². The molecule has 7 heteroatoms. The number of likely N-dealkylation sites (tertiary alicyclic amines) is 1. The molecule has 0 bridgehead atoms. The first-order valence-corrected chi connectivity index (χ1v) is 10.5. The van der Waals surface area contributed by atoms with Crippen LogP contribution in [0.5, 0.6) is 0 Å². The lowest BCUT2D eigenvalue weighted by atomic mass is 9.97. The molecule has 1 fully saturated rings. The Morgan fingerprint density at radius 1 is 1.24 bits per heavy atom. The van der Waals surface area contributed by atoms with Crippen LogP contribution < -0.4 is 10.6 Å². The van der Waals surface area contributed by atoms with Gasteiger partial charge in [-0.25, -0.2) is 14.4 Å². The molecule has 0 aliphatic carbocycles. The summed E-state index contributed by atoms with van der Waals surface area (Å²) >= 11 is 0. The zero-order valence-electron chi connectivity index (χ0n) is 17.7. The van der Waals surface area contributed by atoms with Crippen LogP contribution in [0.2, 0.25) is 0 Å². The summed E-state index contributed by atoms with van der Waals surface area (Å²) in [5.74, 6) is 2.84. The lowest BCUT2D eigenvalue weighted by Crippen LogP contribution is -2.42. The van der Waals surface area contributed by atoms with E-state index < -0.39 is 0 Å². The molecule has 6 nitrogen and oxygen atoms in total. The Bertz CT molecular complexity index is 792. The van der Waals surface area contributed by atoms with Crippen molar-refractivity contribution >= 4 is 5.96 Å². The molecule has 1 aliphatic rings. The first-order chi connectivity index (χ1) is 14.0. The number of halogens is 1. The number of benzene rings is 1. The van der Waals surface area contributed by atoms with Crippen molar-refractivity contribution in [3.05, 3.63) is 53.0 Å². The molecule has 2 aromatic rings. The molecule has 1 aliphatic heterocycles. The molecule has 3 rings (SSSR count). The van der Waals surface area contributed by atoms with Crippen molar-refractivity contribution in [3.63, 3.8) is 0 Å². The second-order valence-electron chi connectivity index (χ2n) is 7.64. The third kappa shape index (κ3) is 6.29. The number of nitrogens with one attached hydrogen (secondary N) is 2. The van der Waals surface area contributed by atoms with Crippen LogP contribution in [0.4, 0.5) is 4.39 Å². The predicted molar refractivity (Wildman–Crippen MR) is 113 cm³/mol. The van der Waals surface area contributed by atoms with Crippen molar-refractivity contribution in [2.24, 2.45) is 10.9 Å². The van der Waals surface area contributed by atoms with E-state index in [1.54, 1.807) is 12.1 Å². The number of hydrogen-bond acceptors (Lipinski definition) is 4. The number of aliphatic imine (C=N–C) groups is 1. The average molecular weight is 402 g/mol. The first kappa shape index (κ1) is 21.3. The highest BCUT2D eigenvalue weighted by Crippen LogP contribution is 2.19. The van der Waals surface area contributed by atoms with Gasteiger partial charge in [0.15, 0.2) is 5.96 Å². The summed E-state index contributed by atoms with van der Waals surface area (Å²) in [4.78, 5) is 11.4. The first-order valence-electron chi connectivity index (χ1n) is 10.5. The number of guanidine groups is 1. The van der Waals surface area contributed by atoms with Gasteiger partial charge in [-0.2, -0.15) is 0 Å². The summed E-state index contributed by atoms with van der Waals surface area (Å²) in [5.41, 5.74) is 1.58. The standard InChI is InChI=1S/C22H32FN5O/c1-4-24-22(26-14-19-7-5-6-8-20(19)23)25-13-18-9-11-28(12-10-18)15-21-27-16(2)17(3)29-21/h5-8,18H,4,9-15H2,1-3H3,(H2,24,25,26). The fourth-order valence-electron chi connectivity index (χ4n) is 3.52. The smallest absolute Gasteiger partial charge is 0.208 e. The summed E-state index contributed by atoms with van der Waals surface area (Å²) in [6.07, 6.45) is 2.25. The number of aromatic nitrogens is 1. The van der Waals surface area contributed by atoms with Gasteiger partial charge in [0.25, 0.3) is 0 Å². The molecule has 158 valence electrons. The molecular weight excluding hydrogens is 369 g/mol. The molecule has 0 radical (unpaired) electrons. The van der Waals surface area contributed by atoms with Crippen molar-refractivity contribution in [2.45, 2.75) is 46.7 Å². The highest BCUT2D eigenvalue weighted by Gasteiger charge is 2.21.